The van der Waals surface area contributed by atoms with Crippen LogP contribution in [-0.2, 0) is 14.0 Å². The van der Waals surface area contributed by atoms with Crippen LogP contribution >= 0.6 is 0 Å². The van der Waals surface area contributed by atoms with Crippen LogP contribution in [0.25, 0.3) is 0 Å². The maximum atomic E-state index is 13.7. The van der Waals surface area contributed by atoms with Crippen molar-refractivity contribution < 1.29 is 23.1 Å². The molecule has 202 valence electrons. The average molecular weight is 550 g/mol. The molecule has 0 aliphatic carbocycles. The molecule has 0 bridgehead atoms. The third kappa shape index (κ3) is 5.56. The molecule has 0 aliphatic rings. The summed E-state index contributed by atoms with van der Waals surface area (Å²) in [7, 11) is -0.277. The average Bonchev–Trinajstić information content (AvgIpc) is 3.57. The lowest BCUT2D eigenvalue weighted by Crippen LogP contribution is -2.71. The Morgan fingerprint density at radius 1 is 0.700 bits per heavy atom. The molecule has 0 radical (unpaired) electrons. The van der Waals surface area contributed by atoms with Gasteiger partial charge in [-0.1, -0.05) is 91.0 Å². The molecular formula is C33H31NO5Si. The van der Waals surface area contributed by atoms with Gasteiger partial charge in [-0.25, -0.2) is 4.79 Å². The van der Waals surface area contributed by atoms with E-state index in [0.717, 1.165) is 27.0 Å². The van der Waals surface area contributed by atoms with Crippen LogP contribution in [0.1, 0.15) is 11.8 Å². The van der Waals surface area contributed by atoms with Gasteiger partial charge in [0.05, 0.1) is 20.5 Å². The normalized spacial score (nSPS) is 12.8. The van der Waals surface area contributed by atoms with E-state index in [1.54, 1.807) is 19.4 Å². The number of rotatable bonds is 11. The van der Waals surface area contributed by atoms with Gasteiger partial charge in [-0.05, 0) is 52.0 Å². The van der Waals surface area contributed by atoms with Crippen molar-refractivity contribution in [2.24, 2.45) is 0 Å². The van der Waals surface area contributed by atoms with Gasteiger partial charge >= 0.3 is 5.97 Å². The second-order valence-corrected chi connectivity index (χ2v) is 12.5. The van der Waals surface area contributed by atoms with Crippen molar-refractivity contribution in [3.8, 4) is 5.75 Å². The van der Waals surface area contributed by atoms with E-state index in [4.69, 9.17) is 18.3 Å². The summed E-state index contributed by atoms with van der Waals surface area (Å²) in [6.45, 7) is 0. The van der Waals surface area contributed by atoms with Crippen molar-refractivity contribution in [2.45, 2.75) is 12.1 Å². The van der Waals surface area contributed by atoms with Crippen LogP contribution in [0.5, 0.6) is 5.75 Å². The van der Waals surface area contributed by atoms with Crippen molar-refractivity contribution in [3.63, 3.8) is 0 Å². The molecule has 1 aromatic heterocycles. The number of nitrogens with one attached hydrogen (secondary N) is 1. The Balaban J connectivity index is 1.69. The minimum atomic E-state index is -3.28. The molecule has 1 heterocycles. The van der Waals surface area contributed by atoms with E-state index < -0.39 is 26.4 Å². The fourth-order valence-corrected chi connectivity index (χ4v) is 8.92. The first kappa shape index (κ1) is 27.0. The maximum Gasteiger partial charge on any atom is 0.336 e. The second kappa shape index (κ2) is 12.5. The molecule has 6 nitrogen and oxygen atoms in total. The Hall–Kier alpha value is -4.59. The van der Waals surface area contributed by atoms with Gasteiger partial charge in [0.15, 0.2) is 6.10 Å². The minimum Gasteiger partial charge on any atom is -0.497 e. The summed E-state index contributed by atoms with van der Waals surface area (Å²) >= 11 is 0. The van der Waals surface area contributed by atoms with Crippen LogP contribution in [0.15, 0.2) is 138 Å². The SMILES string of the molecule is COC(=O)[C@@H](O[Si](c1ccccc1)(c1ccccc1)c1ccccc1)[C@H](Nc1ccc(OC)cc1)c1ccco1. The molecule has 0 fully saturated rings. The van der Waals surface area contributed by atoms with Crippen molar-refractivity contribution in [2.75, 3.05) is 19.5 Å². The zero-order chi connectivity index (χ0) is 27.8. The third-order valence-electron chi connectivity index (χ3n) is 6.84. The fourth-order valence-electron chi connectivity index (χ4n) is 4.91. The first-order chi connectivity index (χ1) is 19.7. The fraction of sp³-hybridized carbons (Fsp3) is 0.121. The lowest BCUT2D eigenvalue weighted by atomic mass is 10.1. The highest BCUT2D eigenvalue weighted by molar-refractivity contribution is 7.07. The second-order valence-electron chi connectivity index (χ2n) is 9.21. The largest absolute Gasteiger partial charge is 0.497 e. The summed E-state index contributed by atoms with van der Waals surface area (Å²) in [4.78, 5) is 13.7. The van der Waals surface area contributed by atoms with E-state index in [9.17, 15) is 4.79 Å². The molecule has 40 heavy (non-hydrogen) atoms. The Kier molecular flexibility index (Phi) is 8.44. The Bertz CT molecular complexity index is 1380. The molecule has 7 heteroatoms. The van der Waals surface area contributed by atoms with Gasteiger partial charge in [0.1, 0.15) is 17.6 Å². The Morgan fingerprint density at radius 3 is 1.65 bits per heavy atom. The van der Waals surface area contributed by atoms with E-state index in [0.29, 0.717) is 5.76 Å². The van der Waals surface area contributed by atoms with Gasteiger partial charge in [-0.15, -0.1) is 0 Å². The van der Waals surface area contributed by atoms with E-state index in [-0.39, 0.29) is 0 Å². The molecule has 0 saturated heterocycles. The smallest absolute Gasteiger partial charge is 0.336 e. The number of ether oxygens (including phenoxy) is 2. The molecule has 0 unspecified atom stereocenters. The van der Waals surface area contributed by atoms with Crippen LogP contribution in [0.4, 0.5) is 5.69 Å². The lowest BCUT2D eigenvalue weighted by molar-refractivity contribution is -0.150. The lowest BCUT2D eigenvalue weighted by Gasteiger charge is -2.38. The number of carbonyl (C=O) groups excluding carboxylic acids is 1. The quantitative estimate of drug-likeness (QED) is 0.147. The van der Waals surface area contributed by atoms with E-state index >= 15 is 0 Å². The number of hydrogen-bond donors (Lipinski definition) is 1. The van der Waals surface area contributed by atoms with Gasteiger partial charge in [0.25, 0.3) is 8.32 Å². The molecular weight excluding hydrogens is 518 g/mol. The van der Waals surface area contributed by atoms with Crippen LogP contribution in [0.3, 0.4) is 0 Å². The number of esters is 1. The number of methoxy groups -OCH3 is 2. The van der Waals surface area contributed by atoms with Crippen LogP contribution in [-0.4, -0.2) is 34.6 Å². The summed E-state index contributed by atoms with van der Waals surface area (Å²) in [6.07, 6.45) is 0.522. The molecule has 0 spiro atoms. The van der Waals surface area contributed by atoms with Crippen LogP contribution in [0.2, 0.25) is 0 Å². The molecule has 0 saturated carbocycles. The summed E-state index contributed by atoms with van der Waals surface area (Å²) in [5.74, 6) is 0.759. The van der Waals surface area contributed by atoms with Crippen molar-refractivity contribution in [3.05, 3.63) is 139 Å². The zero-order valence-electron chi connectivity index (χ0n) is 22.4. The van der Waals surface area contributed by atoms with Crippen LogP contribution in [0, 0.1) is 0 Å². The molecule has 1 N–H and O–H groups in total. The summed E-state index contributed by atoms with van der Waals surface area (Å²) in [5, 5.41) is 6.48. The highest BCUT2D eigenvalue weighted by Crippen LogP contribution is 2.29. The van der Waals surface area contributed by atoms with E-state index in [1.807, 2.05) is 84.9 Å². The molecule has 2 atom stereocenters. The van der Waals surface area contributed by atoms with Crippen molar-refractivity contribution >= 4 is 35.5 Å². The van der Waals surface area contributed by atoms with Gasteiger partial charge in [-0.3, -0.25) is 0 Å². The predicted octanol–water partition coefficient (Wildman–Crippen LogP) is 4.67. The van der Waals surface area contributed by atoms with Crippen molar-refractivity contribution in [1.82, 2.24) is 0 Å². The standard InChI is InChI=1S/C33H31NO5Si/c1-36-26-22-20-25(21-23-26)34-31(30-19-12-24-38-30)32(33(35)37-2)39-40(27-13-6-3-7-14-27,28-15-8-4-9-16-28)29-17-10-5-11-18-29/h3-24,31-32,34H,1-2H3/t31-,32+/m1/s1. The molecule has 5 rings (SSSR count). The predicted molar refractivity (Wildman–Crippen MR) is 159 cm³/mol. The maximum absolute atomic E-state index is 13.7. The van der Waals surface area contributed by atoms with Gasteiger partial charge in [0, 0.05) is 5.69 Å². The summed E-state index contributed by atoms with van der Waals surface area (Å²) in [6, 6.07) is 40.8. The first-order valence-electron chi connectivity index (χ1n) is 13.0. The number of furan rings is 1. The topological polar surface area (TPSA) is 69.9 Å². The number of anilines is 1. The highest BCUT2D eigenvalue weighted by atomic mass is 28.4. The van der Waals surface area contributed by atoms with Gasteiger partial charge in [0.2, 0.25) is 0 Å². The van der Waals surface area contributed by atoms with Gasteiger partial charge < -0.3 is 23.6 Å². The van der Waals surface area contributed by atoms with Gasteiger partial charge in [-0.2, -0.15) is 0 Å². The monoisotopic (exact) mass is 549 g/mol. The first-order valence-corrected chi connectivity index (χ1v) is 14.9. The highest BCUT2D eigenvalue weighted by Gasteiger charge is 2.48. The van der Waals surface area contributed by atoms with E-state index in [1.165, 1.54) is 7.11 Å². The molecule has 4 aromatic carbocycles. The Morgan fingerprint density at radius 2 is 1.23 bits per heavy atom. The van der Waals surface area contributed by atoms with Crippen molar-refractivity contribution in [1.29, 1.82) is 0 Å². The third-order valence-corrected chi connectivity index (χ3v) is 10.9. The van der Waals surface area contributed by atoms with E-state index in [2.05, 4.69) is 41.7 Å². The number of hydrogen-bond acceptors (Lipinski definition) is 6. The molecule has 0 amide bonds. The minimum absolute atomic E-state index is 0.512. The molecule has 5 aromatic rings. The summed E-state index contributed by atoms with van der Waals surface area (Å²) in [5.41, 5.74) is 0.770. The van der Waals surface area contributed by atoms with Crippen LogP contribution < -0.4 is 25.6 Å². The summed E-state index contributed by atoms with van der Waals surface area (Å²) < 4.78 is 23.8. The number of benzene rings is 4. The Labute approximate surface area is 235 Å². The zero-order valence-corrected chi connectivity index (χ0v) is 23.4. The number of carbonyl (C=O) groups is 1. The molecule has 0 aliphatic heterocycles.